The number of hydrogen-bond donors (Lipinski definition) is 1. The Labute approximate surface area is 156 Å². The molecule has 0 aliphatic rings. The summed E-state index contributed by atoms with van der Waals surface area (Å²) in [6.07, 6.45) is 0.179. The molecule has 134 valence electrons. The number of methoxy groups -OCH3 is 3. The Morgan fingerprint density at radius 1 is 1.04 bits per heavy atom. The van der Waals surface area contributed by atoms with Crippen LogP contribution in [0.3, 0.4) is 0 Å². The third kappa shape index (κ3) is 4.45. The summed E-state index contributed by atoms with van der Waals surface area (Å²) in [5.41, 5.74) is 1.76. The molecule has 6 heteroatoms. The van der Waals surface area contributed by atoms with E-state index in [1.807, 2.05) is 37.3 Å². The summed E-state index contributed by atoms with van der Waals surface area (Å²) in [7, 11) is 4.64. The number of halogens is 1. The molecule has 25 heavy (non-hydrogen) atoms. The number of hydrogen-bond acceptors (Lipinski definition) is 4. The van der Waals surface area contributed by atoms with E-state index in [9.17, 15) is 4.79 Å². The van der Waals surface area contributed by atoms with E-state index in [1.165, 1.54) is 0 Å². The third-order valence-electron chi connectivity index (χ3n) is 3.89. The van der Waals surface area contributed by atoms with Gasteiger partial charge < -0.3 is 19.5 Å². The van der Waals surface area contributed by atoms with Crippen LogP contribution in [-0.4, -0.2) is 27.2 Å². The molecular formula is C19H22BrNO4. The van der Waals surface area contributed by atoms with E-state index in [0.717, 1.165) is 15.6 Å². The van der Waals surface area contributed by atoms with Gasteiger partial charge in [0.15, 0.2) is 11.5 Å². The molecule has 5 nitrogen and oxygen atoms in total. The number of carbonyl (C=O) groups is 1. The van der Waals surface area contributed by atoms with E-state index in [-0.39, 0.29) is 18.4 Å². The van der Waals surface area contributed by atoms with Gasteiger partial charge in [-0.3, -0.25) is 4.79 Å². The first-order valence-electron chi connectivity index (χ1n) is 7.83. The maximum atomic E-state index is 12.5. The van der Waals surface area contributed by atoms with Gasteiger partial charge >= 0.3 is 0 Å². The number of ether oxygens (including phenoxy) is 3. The highest BCUT2D eigenvalue weighted by atomic mass is 79.9. The predicted octanol–water partition coefficient (Wildman–Crippen LogP) is 3.89. The lowest BCUT2D eigenvalue weighted by Crippen LogP contribution is -2.28. The number of carbonyl (C=O) groups excluding carboxylic acids is 1. The molecule has 0 saturated heterocycles. The summed E-state index contributed by atoms with van der Waals surface area (Å²) in [4.78, 5) is 12.5. The third-order valence-corrected chi connectivity index (χ3v) is 4.61. The van der Waals surface area contributed by atoms with Crippen molar-refractivity contribution in [2.75, 3.05) is 21.3 Å². The van der Waals surface area contributed by atoms with Crippen LogP contribution in [0.1, 0.15) is 24.1 Å². The van der Waals surface area contributed by atoms with Gasteiger partial charge in [0.1, 0.15) is 0 Å². The van der Waals surface area contributed by atoms with Crippen LogP contribution < -0.4 is 19.5 Å². The van der Waals surface area contributed by atoms with Gasteiger partial charge in [-0.1, -0.05) is 40.2 Å². The molecule has 0 fully saturated rings. The molecule has 1 amide bonds. The second-order valence-corrected chi connectivity index (χ2v) is 6.34. The van der Waals surface area contributed by atoms with Crippen molar-refractivity contribution >= 4 is 21.8 Å². The summed E-state index contributed by atoms with van der Waals surface area (Å²) < 4.78 is 17.0. The van der Waals surface area contributed by atoms with E-state index in [2.05, 4.69) is 21.2 Å². The van der Waals surface area contributed by atoms with Crippen LogP contribution in [0.25, 0.3) is 0 Å². The van der Waals surface area contributed by atoms with Crippen LogP contribution in [-0.2, 0) is 11.2 Å². The highest BCUT2D eigenvalue weighted by Crippen LogP contribution is 2.39. The van der Waals surface area contributed by atoms with Gasteiger partial charge in [0, 0.05) is 10.0 Å². The molecule has 2 rings (SSSR count). The average molecular weight is 408 g/mol. The fourth-order valence-electron chi connectivity index (χ4n) is 2.67. The highest BCUT2D eigenvalue weighted by molar-refractivity contribution is 9.10. The molecule has 0 bridgehead atoms. The second-order valence-electron chi connectivity index (χ2n) is 5.48. The summed E-state index contributed by atoms with van der Waals surface area (Å²) in [5, 5.41) is 3.01. The molecular weight excluding hydrogens is 386 g/mol. The Bertz CT molecular complexity index is 748. The van der Waals surface area contributed by atoms with Crippen molar-refractivity contribution in [3.05, 3.63) is 52.0 Å². The van der Waals surface area contributed by atoms with Gasteiger partial charge in [0.05, 0.1) is 33.8 Å². The Morgan fingerprint density at radius 3 is 2.32 bits per heavy atom. The van der Waals surface area contributed by atoms with Crippen LogP contribution in [0, 0.1) is 0 Å². The van der Waals surface area contributed by atoms with Gasteiger partial charge in [-0.2, -0.15) is 0 Å². The van der Waals surface area contributed by atoms with Crippen LogP contribution in [0.15, 0.2) is 40.9 Å². The van der Waals surface area contributed by atoms with Crippen molar-refractivity contribution in [1.29, 1.82) is 0 Å². The molecule has 1 atom stereocenters. The van der Waals surface area contributed by atoms with E-state index in [4.69, 9.17) is 14.2 Å². The smallest absolute Gasteiger partial charge is 0.225 e. The molecule has 0 heterocycles. The van der Waals surface area contributed by atoms with Crippen molar-refractivity contribution in [2.45, 2.75) is 19.4 Å². The van der Waals surface area contributed by atoms with Crippen LogP contribution in [0.4, 0.5) is 0 Å². The van der Waals surface area contributed by atoms with E-state index in [0.29, 0.717) is 17.2 Å². The molecule has 0 saturated carbocycles. The Balaban J connectivity index is 2.16. The molecule has 0 spiro atoms. The zero-order valence-electron chi connectivity index (χ0n) is 14.8. The molecule has 0 aliphatic heterocycles. The molecule has 1 N–H and O–H groups in total. The Hall–Kier alpha value is -2.21. The standard InChI is InChI=1S/C19H22BrNO4/c1-12(14-7-5-6-8-15(14)20)21-17(22)11-13-9-10-16(23-2)19(25-4)18(13)24-3/h5-10,12H,11H2,1-4H3,(H,21,22)/t12-/m1/s1. The van der Waals surface area contributed by atoms with Crippen LogP contribution >= 0.6 is 15.9 Å². The van der Waals surface area contributed by atoms with Gasteiger partial charge in [0.25, 0.3) is 0 Å². The lowest BCUT2D eigenvalue weighted by molar-refractivity contribution is -0.121. The summed E-state index contributed by atoms with van der Waals surface area (Å²) in [5.74, 6) is 1.44. The molecule has 0 radical (unpaired) electrons. The Kier molecular flexibility index (Phi) is 6.70. The van der Waals surface area contributed by atoms with Crippen molar-refractivity contribution in [3.63, 3.8) is 0 Å². The first kappa shape index (κ1) is 19.1. The zero-order chi connectivity index (χ0) is 18.4. The molecule has 0 aromatic heterocycles. The maximum absolute atomic E-state index is 12.5. The van der Waals surface area contributed by atoms with Gasteiger partial charge in [-0.05, 0) is 24.6 Å². The minimum Gasteiger partial charge on any atom is -0.493 e. The van der Waals surface area contributed by atoms with E-state index < -0.39 is 0 Å². The van der Waals surface area contributed by atoms with Crippen molar-refractivity contribution in [3.8, 4) is 17.2 Å². The zero-order valence-corrected chi connectivity index (χ0v) is 16.3. The second kappa shape index (κ2) is 8.76. The number of rotatable bonds is 7. The average Bonchev–Trinajstić information content (AvgIpc) is 2.61. The van der Waals surface area contributed by atoms with Gasteiger partial charge in [-0.15, -0.1) is 0 Å². The minimum absolute atomic E-state index is 0.103. The fraction of sp³-hybridized carbons (Fsp3) is 0.316. The number of nitrogens with one attached hydrogen (secondary N) is 1. The largest absolute Gasteiger partial charge is 0.493 e. The van der Waals surface area contributed by atoms with Crippen LogP contribution in [0.5, 0.6) is 17.2 Å². The Morgan fingerprint density at radius 2 is 1.72 bits per heavy atom. The van der Waals surface area contributed by atoms with Crippen molar-refractivity contribution in [1.82, 2.24) is 5.32 Å². The topological polar surface area (TPSA) is 56.8 Å². The highest BCUT2D eigenvalue weighted by Gasteiger charge is 2.19. The minimum atomic E-state index is -0.116. The summed E-state index contributed by atoms with van der Waals surface area (Å²) in [6, 6.07) is 11.3. The van der Waals surface area contributed by atoms with Gasteiger partial charge in [-0.25, -0.2) is 0 Å². The summed E-state index contributed by atoms with van der Waals surface area (Å²) in [6.45, 7) is 1.95. The predicted molar refractivity (Wildman–Crippen MR) is 101 cm³/mol. The first-order valence-corrected chi connectivity index (χ1v) is 8.62. The monoisotopic (exact) mass is 407 g/mol. The lowest BCUT2D eigenvalue weighted by Gasteiger charge is -2.18. The van der Waals surface area contributed by atoms with Crippen molar-refractivity contribution < 1.29 is 19.0 Å². The number of benzene rings is 2. The van der Waals surface area contributed by atoms with Crippen LogP contribution in [0.2, 0.25) is 0 Å². The molecule has 0 unspecified atom stereocenters. The molecule has 2 aromatic carbocycles. The quantitative estimate of drug-likeness (QED) is 0.755. The summed E-state index contributed by atoms with van der Waals surface area (Å²) >= 11 is 3.51. The molecule has 2 aromatic rings. The van der Waals surface area contributed by atoms with Gasteiger partial charge in [0.2, 0.25) is 11.7 Å². The maximum Gasteiger partial charge on any atom is 0.225 e. The molecule has 0 aliphatic carbocycles. The van der Waals surface area contributed by atoms with E-state index in [1.54, 1.807) is 27.4 Å². The lowest BCUT2D eigenvalue weighted by atomic mass is 10.1. The number of amides is 1. The van der Waals surface area contributed by atoms with E-state index >= 15 is 0 Å². The fourth-order valence-corrected chi connectivity index (χ4v) is 3.30. The first-order chi connectivity index (χ1) is 12.0. The normalized spacial score (nSPS) is 11.6. The van der Waals surface area contributed by atoms with Crippen molar-refractivity contribution in [2.24, 2.45) is 0 Å². The SMILES string of the molecule is COc1ccc(CC(=O)N[C@H](C)c2ccccc2Br)c(OC)c1OC.